The first kappa shape index (κ1) is 11.1. The minimum atomic E-state index is -0.0978. The number of benzene rings is 1. The molecule has 4 heteroatoms. The summed E-state index contributed by atoms with van der Waals surface area (Å²) in [5.74, 6) is 0.489. The molecule has 0 saturated heterocycles. The van der Waals surface area contributed by atoms with Gasteiger partial charge in [-0.25, -0.2) is 0 Å². The molecular formula is C11H12N2O2. The van der Waals surface area contributed by atoms with Gasteiger partial charge in [0.25, 0.3) is 5.91 Å². The number of amides is 1. The maximum Gasteiger partial charge on any atom is 0.259 e. The van der Waals surface area contributed by atoms with E-state index in [0.29, 0.717) is 11.3 Å². The van der Waals surface area contributed by atoms with Crippen molar-refractivity contribution < 1.29 is 9.53 Å². The number of hydrogen-bond donors (Lipinski definition) is 0. The Morgan fingerprint density at radius 2 is 2.00 bits per heavy atom. The van der Waals surface area contributed by atoms with Crippen LogP contribution in [0.4, 0.5) is 0 Å². The van der Waals surface area contributed by atoms with Crippen molar-refractivity contribution in [3.8, 4) is 11.8 Å². The zero-order valence-electron chi connectivity index (χ0n) is 8.73. The summed E-state index contributed by atoms with van der Waals surface area (Å²) in [4.78, 5) is 12.6. The highest BCUT2D eigenvalue weighted by Crippen LogP contribution is 2.11. The molecule has 0 aromatic heterocycles. The van der Waals surface area contributed by atoms with Crippen LogP contribution in [-0.4, -0.2) is 31.5 Å². The van der Waals surface area contributed by atoms with Gasteiger partial charge in [0.2, 0.25) is 0 Å². The van der Waals surface area contributed by atoms with E-state index in [4.69, 9.17) is 10.00 Å². The predicted molar refractivity (Wildman–Crippen MR) is 55.3 cm³/mol. The summed E-state index contributed by atoms with van der Waals surface area (Å²) in [6, 6.07) is 8.64. The maximum atomic E-state index is 11.2. The summed E-state index contributed by atoms with van der Waals surface area (Å²) in [7, 11) is 3.34. The molecule has 0 saturated carbocycles. The van der Waals surface area contributed by atoms with Crippen molar-refractivity contribution in [1.82, 2.24) is 4.90 Å². The van der Waals surface area contributed by atoms with Crippen molar-refractivity contribution in [3.63, 3.8) is 0 Å². The molecule has 78 valence electrons. The maximum absolute atomic E-state index is 11.2. The number of carbonyl (C=O) groups excluding carboxylic acids is 1. The molecule has 0 fully saturated rings. The van der Waals surface area contributed by atoms with Gasteiger partial charge in [-0.15, -0.1) is 0 Å². The third-order valence-corrected chi connectivity index (χ3v) is 1.84. The average molecular weight is 204 g/mol. The first-order chi connectivity index (χ1) is 7.13. The molecule has 0 bridgehead atoms. The molecule has 15 heavy (non-hydrogen) atoms. The van der Waals surface area contributed by atoms with Crippen LogP contribution >= 0.6 is 0 Å². The van der Waals surface area contributed by atoms with E-state index in [1.165, 1.54) is 4.90 Å². The van der Waals surface area contributed by atoms with Gasteiger partial charge in [0, 0.05) is 14.1 Å². The highest BCUT2D eigenvalue weighted by atomic mass is 16.5. The number of carbonyl (C=O) groups is 1. The second-order valence-corrected chi connectivity index (χ2v) is 3.21. The van der Waals surface area contributed by atoms with Gasteiger partial charge in [0.1, 0.15) is 5.75 Å². The van der Waals surface area contributed by atoms with Crippen LogP contribution in [0.15, 0.2) is 24.3 Å². The molecule has 0 aliphatic heterocycles. The van der Waals surface area contributed by atoms with Crippen molar-refractivity contribution in [1.29, 1.82) is 5.26 Å². The van der Waals surface area contributed by atoms with Crippen molar-refractivity contribution in [2.75, 3.05) is 20.7 Å². The second-order valence-electron chi connectivity index (χ2n) is 3.21. The lowest BCUT2D eigenvalue weighted by Crippen LogP contribution is -2.27. The minimum Gasteiger partial charge on any atom is -0.484 e. The number of ether oxygens (including phenoxy) is 1. The van der Waals surface area contributed by atoms with Gasteiger partial charge in [-0.1, -0.05) is 0 Å². The van der Waals surface area contributed by atoms with E-state index in [9.17, 15) is 4.79 Å². The van der Waals surface area contributed by atoms with E-state index in [2.05, 4.69) is 0 Å². The topological polar surface area (TPSA) is 53.3 Å². The zero-order valence-corrected chi connectivity index (χ0v) is 8.73. The fraction of sp³-hybridized carbons (Fsp3) is 0.273. The summed E-state index contributed by atoms with van der Waals surface area (Å²) >= 11 is 0. The van der Waals surface area contributed by atoms with Gasteiger partial charge in [0.15, 0.2) is 6.61 Å². The molecule has 0 spiro atoms. The van der Waals surface area contributed by atoms with Gasteiger partial charge >= 0.3 is 0 Å². The Labute approximate surface area is 88.7 Å². The van der Waals surface area contributed by atoms with Crippen LogP contribution in [0.1, 0.15) is 5.56 Å². The largest absolute Gasteiger partial charge is 0.484 e. The number of rotatable bonds is 3. The highest BCUT2D eigenvalue weighted by molar-refractivity contribution is 5.77. The van der Waals surface area contributed by atoms with E-state index in [-0.39, 0.29) is 12.5 Å². The van der Waals surface area contributed by atoms with Gasteiger partial charge in [0.05, 0.1) is 11.6 Å². The Morgan fingerprint density at radius 1 is 1.40 bits per heavy atom. The first-order valence-corrected chi connectivity index (χ1v) is 4.46. The van der Waals surface area contributed by atoms with Gasteiger partial charge in [-0.3, -0.25) is 4.79 Å². The molecule has 0 N–H and O–H groups in total. The summed E-state index contributed by atoms with van der Waals surface area (Å²) in [6.07, 6.45) is 0. The number of nitriles is 1. The molecule has 0 aliphatic carbocycles. The van der Waals surface area contributed by atoms with E-state index in [1.54, 1.807) is 38.4 Å². The van der Waals surface area contributed by atoms with Gasteiger partial charge < -0.3 is 9.64 Å². The molecule has 0 unspecified atom stereocenters. The Balaban J connectivity index is 2.52. The lowest BCUT2D eigenvalue weighted by molar-refractivity contribution is -0.130. The molecule has 1 aromatic rings. The quantitative estimate of drug-likeness (QED) is 0.738. The van der Waals surface area contributed by atoms with Crippen LogP contribution in [-0.2, 0) is 4.79 Å². The van der Waals surface area contributed by atoms with Crippen LogP contribution < -0.4 is 4.74 Å². The van der Waals surface area contributed by atoms with Crippen LogP contribution in [0.2, 0.25) is 0 Å². The second kappa shape index (κ2) is 5.01. The van der Waals surface area contributed by atoms with Crippen LogP contribution in [0, 0.1) is 11.3 Å². The molecule has 1 rings (SSSR count). The SMILES string of the molecule is CN(C)C(=O)COc1ccc(C#N)cc1. The molecule has 1 amide bonds. The minimum absolute atomic E-state index is 0.0128. The Bertz CT molecular complexity index is 377. The number of nitrogens with zero attached hydrogens (tertiary/aromatic N) is 2. The summed E-state index contributed by atoms with van der Waals surface area (Å²) in [5.41, 5.74) is 0.571. The Hall–Kier alpha value is -2.02. The smallest absolute Gasteiger partial charge is 0.259 e. The van der Waals surface area contributed by atoms with Crippen molar-refractivity contribution in [2.24, 2.45) is 0 Å². The van der Waals surface area contributed by atoms with E-state index in [1.807, 2.05) is 6.07 Å². The van der Waals surface area contributed by atoms with Crippen molar-refractivity contribution in [2.45, 2.75) is 0 Å². The monoisotopic (exact) mass is 204 g/mol. The lowest BCUT2D eigenvalue weighted by atomic mass is 10.2. The fourth-order valence-electron chi connectivity index (χ4n) is 0.900. The molecule has 1 aromatic carbocycles. The standard InChI is InChI=1S/C11H12N2O2/c1-13(2)11(14)8-15-10-5-3-9(7-12)4-6-10/h3-6H,8H2,1-2H3. The average Bonchev–Trinajstić information content (AvgIpc) is 2.26. The van der Waals surface area contributed by atoms with Crippen molar-refractivity contribution in [3.05, 3.63) is 29.8 Å². The Morgan fingerprint density at radius 3 is 2.47 bits per heavy atom. The van der Waals surface area contributed by atoms with Gasteiger partial charge in [-0.2, -0.15) is 5.26 Å². The lowest BCUT2D eigenvalue weighted by Gasteiger charge is -2.11. The van der Waals surface area contributed by atoms with Crippen molar-refractivity contribution >= 4 is 5.91 Å². The van der Waals surface area contributed by atoms with Crippen LogP contribution in [0.3, 0.4) is 0 Å². The fourth-order valence-corrected chi connectivity index (χ4v) is 0.900. The highest BCUT2D eigenvalue weighted by Gasteiger charge is 2.04. The normalized spacial score (nSPS) is 9.13. The third kappa shape index (κ3) is 3.31. The number of likely N-dealkylation sites (N-methyl/N-ethyl adjacent to an activating group) is 1. The third-order valence-electron chi connectivity index (χ3n) is 1.84. The van der Waals surface area contributed by atoms with E-state index in [0.717, 1.165) is 0 Å². The van der Waals surface area contributed by atoms with Gasteiger partial charge in [-0.05, 0) is 24.3 Å². The zero-order chi connectivity index (χ0) is 11.3. The Kier molecular flexibility index (Phi) is 3.69. The molecule has 0 heterocycles. The van der Waals surface area contributed by atoms with E-state index < -0.39 is 0 Å². The van der Waals surface area contributed by atoms with Crippen LogP contribution in [0.25, 0.3) is 0 Å². The first-order valence-electron chi connectivity index (χ1n) is 4.46. The number of hydrogen-bond acceptors (Lipinski definition) is 3. The van der Waals surface area contributed by atoms with E-state index >= 15 is 0 Å². The molecule has 0 atom stereocenters. The van der Waals surface area contributed by atoms with Crippen LogP contribution in [0.5, 0.6) is 5.75 Å². The predicted octanol–water partition coefficient (Wildman–Crippen LogP) is 1.03. The molecule has 0 radical (unpaired) electrons. The molecule has 0 aliphatic rings. The molecule has 4 nitrogen and oxygen atoms in total. The molecular weight excluding hydrogens is 192 g/mol. The summed E-state index contributed by atoms with van der Waals surface area (Å²) in [6.45, 7) is 0.0128. The summed E-state index contributed by atoms with van der Waals surface area (Å²) < 4.78 is 5.23. The summed E-state index contributed by atoms with van der Waals surface area (Å²) in [5, 5.41) is 8.57.